The quantitative estimate of drug-likeness (QED) is 0.155. The van der Waals surface area contributed by atoms with Crippen LogP contribution in [0.1, 0.15) is 103 Å². The molecule has 0 bridgehead atoms. The first-order valence-electron chi connectivity index (χ1n) is 18.3. The Labute approximate surface area is 310 Å². The molecule has 3 rings (SSSR count). The first-order chi connectivity index (χ1) is 24.3. The van der Waals surface area contributed by atoms with Gasteiger partial charge in [0.25, 0.3) is 0 Å². The van der Waals surface area contributed by atoms with Crippen LogP contribution in [0.4, 0.5) is 4.79 Å². The number of amides is 3. The van der Waals surface area contributed by atoms with Crippen molar-refractivity contribution in [3.63, 3.8) is 0 Å². The van der Waals surface area contributed by atoms with Gasteiger partial charge in [0.15, 0.2) is 0 Å². The fourth-order valence-electron chi connectivity index (χ4n) is 5.94. The van der Waals surface area contributed by atoms with E-state index < -0.39 is 59.2 Å². The van der Waals surface area contributed by atoms with Crippen molar-refractivity contribution in [1.29, 1.82) is 0 Å². The van der Waals surface area contributed by atoms with E-state index in [1.807, 2.05) is 98.8 Å². The van der Waals surface area contributed by atoms with E-state index in [0.717, 1.165) is 23.1 Å². The Morgan fingerprint density at radius 3 is 1.71 bits per heavy atom. The molecule has 0 aliphatic rings. The predicted molar refractivity (Wildman–Crippen MR) is 206 cm³/mol. The number of alkyl carbamates (subject to hydrolysis) is 1. The van der Waals surface area contributed by atoms with Crippen molar-refractivity contribution in [2.75, 3.05) is 0 Å². The minimum atomic E-state index is -1.14. The van der Waals surface area contributed by atoms with Crippen molar-refractivity contribution < 1.29 is 28.7 Å². The van der Waals surface area contributed by atoms with Crippen LogP contribution in [0, 0.1) is 12.8 Å². The molecule has 9 heteroatoms. The number of ether oxygens (including phenoxy) is 2. The van der Waals surface area contributed by atoms with Crippen molar-refractivity contribution in [3.8, 4) is 0 Å². The number of esters is 1. The zero-order valence-corrected chi connectivity index (χ0v) is 32.7. The molecule has 0 fully saturated rings. The standard InChI is InChI=1S/C43H59N3O6/c1-29(2)24-25-31(4)46(39(48)35(27-32-19-13-11-14-20-32)45-41(50)52-43(8,9)10)37(34-23-17-18-30(3)26-34)38(47)44-36(40(49)51-42(5,6)7)28-33-21-15-12-16-22-33/h11-23,26,29,31,35-37H,24-25,27-28H2,1-10H3,(H,44,47)(H,45,50). The zero-order chi connectivity index (χ0) is 38.6. The van der Waals surface area contributed by atoms with E-state index in [1.54, 1.807) is 46.4 Å². The molecule has 3 aromatic rings. The van der Waals surface area contributed by atoms with Crippen LogP contribution in [0.5, 0.6) is 0 Å². The molecular formula is C43H59N3O6. The molecule has 0 radical (unpaired) electrons. The lowest BCUT2D eigenvalue weighted by atomic mass is 9.95. The molecule has 0 saturated heterocycles. The van der Waals surface area contributed by atoms with Gasteiger partial charge in [-0.3, -0.25) is 9.59 Å². The van der Waals surface area contributed by atoms with Gasteiger partial charge in [0, 0.05) is 18.9 Å². The lowest BCUT2D eigenvalue weighted by Gasteiger charge is -2.39. The highest BCUT2D eigenvalue weighted by Gasteiger charge is 2.40. The third-order valence-electron chi connectivity index (χ3n) is 8.34. The smallest absolute Gasteiger partial charge is 0.408 e. The summed E-state index contributed by atoms with van der Waals surface area (Å²) in [5.41, 5.74) is 1.56. The van der Waals surface area contributed by atoms with Crippen LogP contribution in [0.15, 0.2) is 84.9 Å². The van der Waals surface area contributed by atoms with Crippen LogP contribution in [-0.4, -0.2) is 58.1 Å². The van der Waals surface area contributed by atoms with Crippen molar-refractivity contribution in [2.24, 2.45) is 5.92 Å². The number of carbonyl (C=O) groups is 4. The fourth-order valence-corrected chi connectivity index (χ4v) is 5.94. The largest absolute Gasteiger partial charge is 0.458 e. The minimum Gasteiger partial charge on any atom is -0.458 e. The number of hydrogen-bond acceptors (Lipinski definition) is 6. The van der Waals surface area contributed by atoms with Crippen LogP contribution < -0.4 is 10.6 Å². The lowest BCUT2D eigenvalue weighted by molar-refractivity contribution is -0.159. The molecule has 4 unspecified atom stereocenters. The van der Waals surface area contributed by atoms with Gasteiger partial charge >= 0.3 is 12.1 Å². The number of benzene rings is 3. The van der Waals surface area contributed by atoms with Gasteiger partial charge in [-0.25, -0.2) is 9.59 Å². The van der Waals surface area contributed by atoms with E-state index in [4.69, 9.17) is 9.47 Å². The molecule has 52 heavy (non-hydrogen) atoms. The second kappa shape index (κ2) is 18.7. The molecule has 0 aromatic heterocycles. The average Bonchev–Trinajstić information content (AvgIpc) is 3.04. The molecule has 9 nitrogen and oxygen atoms in total. The summed E-state index contributed by atoms with van der Waals surface area (Å²) in [4.78, 5) is 58.5. The van der Waals surface area contributed by atoms with E-state index in [0.29, 0.717) is 17.9 Å². The molecule has 3 aromatic carbocycles. The number of hydrogen-bond donors (Lipinski definition) is 2. The maximum absolute atomic E-state index is 15.1. The van der Waals surface area contributed by atoms with Gasteiger partial charge in [-0.05, 0) is 90.8 Å². The van der Waals surface area contributed by atoms with Crippen LogP contribution >= 0.6 is 0 Å². The summed E-state index contributed by atoms with van der Waals surface area (Å²) in [7, 11) is 0. The normalized spacial score (nSPS) is 14.1. The lowest BCUT2D eigenvalue weighted by Crippen LogP contribution is -2.57. The summed E-state index contributed by atoms with van der Waals surface area (Å²) < 4.78 is 11.4. The van der Waals surface area contributed by atoms with Gasteiger partial charge < -0.3 is 25.0 Å². The second-order valence-electron chi connectivity index (χ2n) is 16.1. The third-order valence-corrected chi connectivity index (χ3v) is 8.34. The Kier molecular flexibility index (Phi) is 15.0. The SMILES string of the molecule is Cc1cccc(C(C(=O)NC(Cc2ccccc2)C(=O)OC(C)(C)C)N(C(=O)C(Cc2ccccc2)NC(=O)OC(C)(C)C)C(C)CCC(C)C)c1. The Morgan fingerprint density at radius 2 is 1.21 bits per heavy atom. The molecule has 0 spiro atoms. The topological polar surface area (TPSA) is 114 Å². The van der Waals surface area contributed by atoms with E-state index in [2.05, 4.69) is 24.5 Å². The van der Waals surface area contributed by atoms with Crippen molar-refractivity contribution in [2.45, 2.75) is 130 Å². The summed E-state index contributed by atoms with van der Waals surface area (Å²) in [6.45, 7) is 18.7. The second-order valence-corrected chi connectivity index (χ2v) is 16.1. The molecule has 282 valence electrons. The Bertz CT molecular complexity index is 1610. The molecule has 4 atom stereocenters. The van der Waals surface area contributed by atoms with Crippen LogP contribution in [0.2, 0.25) is 0 Å². The number of rotatable bonds is 15. The highest BCUT2D eigenvalue weighted by molar-refractivity contribution is 5.94. The molecule has 0 heterocycles. The molecule has 2 N–H and O–H groups in total. The molecule has 0 aliphatic heterocycles. The van der Waals surface area contributed by atoms with Crippen LogP contribution in [0.3, 0.4) is 0 Å². The Morgan fingerprint density at radius 1 is 0.673 bits per heavy atom. The molecule has 3 amide bonds. The number of nitrogens with one attached hydrogen (secondary N) is 2. The van der Waals surface area contributed by atoms with Gasteiger partial charge in [-0.1, -0.05) is 104 Å². The third kappa shape index (κ3) is 13.8. The monoisotopic (exact) mass is 713 g/mol. The van der Waals surface area contributed by atoms with E-state index in [-0.39, 0.29) is 12.8 Å². The summed E-state index contributed by atoms with van der Waals surface area (Å²) in [6, 6.07) is 22.6. The first-order valence-corrected chi connectivity index (χ1v) is 18.3. The highest BCUT2D eigenvalue weighted by Crippen LogP contribution is 2.29. The fraction of sp³-hybridized carbons (Fsp3) is 0.488. The highest BCUT2D eigenvalue weighted by atomic mass is 16.6. The van der Waals surface area contributed by atoms with Gasteiger partial charge in [0.1, 0.15) is 29.3 Å². The number of aryl methyl sites for hydroxylation is 1. The maximum Gasteiger partial charge on any atom is 0.408 e. The molecular weight excluding hydrogens is 654 g/mol. The maximum atomic E-state index is 15.1. The summed E-state index contributed by atoms with van der Waals surface area (Å²) >= 11 is 0. The van der Waals surface area contributed by atoms with Crippen molar-refractivity contribution in [3.05, 3.63) is 107 Å². The molecule has 0 aliphatic carbocycles. The number of carbonyl (C=O) groups excluding carboxylic acids is 4. The van der Waals surface area contributed by atoms with Crippen molar-refractivity contribution >= 4 is 23.9 Å². The van der Waals surface area contributed by atoms with Crippen LogP contribution in [0.25, 0.3) is 0 Å². The van der Waals surface area contributed by atoms with Crippen LogP contribution in [-0.2, 0) is 36.7 Å². The van der Waals surface area contributed by atoms with Gasteiger partial charge in [0.2, 0.25) is 11.8 Å². The van der Waals surface area contributed by atoms with Gasteiger partial charge in [-0.2, -0.15) is 0 Å². The Balaban J connectivity index is 2.17. The first kappa shape index (κ1) is 41.8. The van der Waals surface area contributed by atoms with Crippen molar-refractivity contribution in [1.82, 2.24) is 15.5 Å². The van der Waals surface area contributed by atoms with E-state index in [9.17, 15) is 14.4 Å². The van der Waals surface area contributed by atoms with E-state index >= 15 is 4.79 Å². The summed E-state index contributed by atoms with van der Waals surface area (Å²) in [5, 5.41) is 5.84. The summed E-state index contributed by atoms with van der Waals surface area (Å²) in [6.07, 6.45) is 1.02. The predicted octanol–water partition coefficient (Wildman–Crippen LogP) is 7.89. The number of nitrogens with zero attached hydrogens (tertiary/aromatic N) is 1. The average molecular weight is 714 g/mol. The minimum absolute atomic E-state index is 0.170. The van der Waals surface area contributed by atoms with E-state index in [1.165, 1.54) is 0 Å². The zero-order valence-electron chi connectivity index (χ0n) is 32.7. The Hall–Kier alpha value is -4.66. The van der Waals surface area contributed by atoms with Gasteiger partial charge in [0.05, 0.1) is 0 Å². The van der Waals surface area contributed by atoms with Gasteiger partial charge in [-0.15, -0.1) is 0 Å². The molecule has 0 saturated carbocycles. The summed E-state index contributed by atoms with van der Waals surface area (Å²) in [5.74, 6) is -1.21.